The fourth-order valence-electron chi connectivity index (χ4n) is 4.79. The first kappa shape index (κ1) is 27.7. The number of aromatic nitrogens is 1. The molecule has 0 unspecified atom stereocenters. The Morgan fingerprint density at radius 1 is 0.900 bits per heavy atom. The smallest absolute Gasteiger partial charge is 0.231 e. The average molecular weight is 564 g/mol. The lowest BCUT2D eigenvalue weighted by molar-refractivity contribution is 0.718. The zero-order valence-electron chi connectivity index (χ0n) is 23.2. The van der Waals surface area contributed by atoms with Crippen LogP contribution in [0.2, 0.25) is 0 Å². The number of nitrogens with zero attached hydrogens (tertiary/aromatic N) is 5. The van der Waals surface area contributed by atoms with E-state index in [1.165, 1.54) is 47.2 Å². The molecule has 2 heterocycles. The van der Waals surface area contributed by atoms with Gasteiger partial charge in [-0.25, -0.2) is 4.98 Å². The number of azo groups is 1. The second-order valence-electron chi connectivity index (χ2n) is 9.73. The van der Waals surface area contributed by atoms with Gasteiger partial charge in [-0.3, -0.25) is 0 Å². The highest BCUT2D eigenvalue weighted by molar-refractivity contribution is 7.29. The molecule has 40 heavy (non-hydrogen) atoms. The van der Waals surface area contributed by atoms with Crippen LogP contribution in [0.5, 0.6) is 0 Å². The molecule has 0 saturated carbocycles. The van der Waals surface area contributed by atoms with Gasteiger partial charge in [0.15, 0.2) is 0 Å². The number of benzene rings is 3. The molecule has 0 aliphatic rings. The molecule has 0 atom stereocenters. The molecule has 7 heteroatoms. The van der Waals surface area contributed by atoms with Crippen molar-refractivity contribution in [2.24, 2.45) is 10.2 Å². The molecular weight excluding hydrogens is 531 g/mol. The van der Waals surface area contributed by atoms with Crippen molar-refractivity contribution < 1.29 is 0 Å². The second kappa shape index (κ2) is 13.0. The number of rotatable bonds is 11. The summed E-state index contributed by atoms with van der Waals surface area (Å²) < 4.78 is 1.05. The summed E-state index contributed by atoms with van der Waals surface area (Å²) in [5.74, 6) is 0. The van der Waals surface area contributed by atoms with Crippen molar-refractivity contribution in [3.63, 3.8) is 0 Å². The van der Waals surface area contributed by atoms with Crippen LogP contribution in [-0.4, -0.2) is 18.1 Å². The van der Waals surface area contributed by atoms with Crippen LogP contribution in [0, 0.1) is 11.3 Å². The van der Waals surface area contributed by atoms with Crippen molar-refractivity contribution in [3.05, 3.63) is 82.7 Å². The van der Waals surface area contributed by atoms with Crippen LogP contribution in [0.4, 0.5) is 16.5 Å². The number of thiophene rings is 1. The van der Waals surface area contributed by atoms with Crippen LogP contribution in [0.25, 0.3) is 32.0 Å². The molecule has 0 amide bonds. The van der Waals surface area contributed by atoms with Gasteiger partial charge in [-0.15, -0.1) is 21.6 Å². The molecule has 0 N–H and O–H groups in total. The van der Waals surface area contributed by atoms with Crippen LogP contribution in [0.1, 0.15) is 56.0 Å². The van der Waals surface area contributed by atoms with Crippen molar-refractivity contribution in [3.8, 4) is 6.07 Å². The SMILES string of the molecule is CCCCCc1ccc2cc(/C(C#N)=C/c3cc4sc(N=Nc5ccc(N(CC)CC)cc5)nc4s3)ccc2c1. The predicted molar refractivity (Wildman–Crippen MR) is 172 cm³/mol. The van der Waals surface area contributed by atoms with Gasteiger partial charge in [0.2, 0.25) is 5.13 Å². The number of thiazole rings is 1. The van der Waals surface area contributed by atoms with Gasteiger partial charge < -0.3 is 4.90 Å². The summed E-state index contributed by atoms with van der Waals surface area (Å²) in [6, 6.07) is 25.6. The zero-order chi connectivity index (χ0) is 27.9. The Morgan fingerprint density at radius 3 is 2.40 bits per heavy atom. The van der Waals surface area contributed by atoms with E-state index in [0.717, 1.165) is 50.6 Å². The molecule has 5 aromatic rings. The molecule has 2 aromatic heterocycles. The van der Waals surface area contributed by atoms with E-state index in [-0.39, 0.29) is 0 Å². The molecule has 0 aliphatic carbocycles. The molecule has 0 fully saturated rings. The molecule has 0 aliphatic heterocycles. The van der Waals surface area contributed by atoms with E-state index in [0.29, 0.717) is 10.7 Å². The zero-order valence-corrected chi connectivity index (χ0v) is 24.9. The minimum atomic E-state index is 0.633. The summed E-state index contributed by atoms with van der Waals surface area (Å²) >= 11 is 3.08. The second-order valence-corrected chi connectivity index (χ2v) is 11.8. The molecule has 202 valence electrons. The minimum absolute atomic E-state index is 0.633. The molecule has 5 rings (SSSR count). The predicted octanol–water partition coefficient (Wildman–Crippen LogP) is 10.6. The lowest BCUT2D eigenvalue weighted by Gasteiger charge is -2.20. The normalized spacial score (nSPS) is 12.0. The maximum Gasteiger partial charge on any atom is 0.231 e. The maximum atomic E-state index is 9.94. The topological polar surface area (TPSA) is 64.6 Å². The number of anilines is 1. The fraction of sp³-hybridized carbons (Fsp3) is 0.273. The maximum absolute atomic E-state index is 9.94. The monoisotopic (exact) mass is 563 g/mol. The molecular formula is C33H33N5S2. The quantitative estimate of drug-likeness (QED) is 0.0912. The number of nitriles is 1. The summed E-state index contributed by atoms with van der Waals surface area (Å²) in [6.45, 7) is 8.49. The van der Waals surface area contributed by atoms with Gasteiger partial charge in [0, 0.05) is 23.7 Å². The van der Waals surface area contributed by atoms with Gasteiger partial charge in [-0.1, -0.05) is 61.4 Å². The number of aryl methyl sites for hydroxylation is 1. The number of allylic oxidation sites excluding steroid dienone is 1. The third-order valence-electron chi connectivity index (χ3n) is 7.02. The highest BCUT2D eigenvalue weighted by atomic mass is 32.1. The fourth-order valence-corrected chi connectivity index (χ4v) is 6.78. The van der Waals surface area contributed by atoms with Gasteiger partial charge in [0.25, 0.3) is 0 Å². The van der Waals surface area contributed by atoms with E-state index < -0.39 is 0 Å². The first-order chi connectivity index (χ1) is 19.6. The molecule has 0 radical (unpaired) electrons. The lowest BCUT2D eigenvalue weighted by atomic mass is 9.98. The lowest BCUT2D eigenvalue weighted by Crippen LogP contribution is -2.21. The van der Waals surface area contributed by atoms with Crippen molar-refractivity contribution in [1.29, 1.82) is 5.26 Å². The molecule has 3 aromatic carbocycles. The van der Waals surface area contributed by atoms with Crippen LogP contribution in [0.15, 0.2) is 77.0 Å². The van der Waals surface area contributed by atoms with Crippen LogP contribution < -0.4 is 4.90 Å². The average Bonchev–Trinajstić information content (AvgIpc) is 3.54. The van der Waals surface area contributed by atoms with Gasteiger partial charge >= 0.3 is 0 Å². The minimum Gasteiger partial charge on any atom is -0.372 e. The van der Waals surface area contributed by atoms with Crippen LogP contribution in [-0.2, 0) is 6.42 Å². The van der Waals surface area contributed by atoms with Gasteiger partial charge in [-0.05, 0) is 91.1 Å². The summed E-state index contributed by atoms with van der Waals surface area (Å²) in [5.41, 5.74) is 4.95. The third kappa shape index (κ3) is 6.47. The number of fused-ring (bicyclic) bond motifs is 2. The van der Waals surface area contributed by atoms with Crippen molar-refractivity contribution in [2.45, 2.75) is 46.5 Å². The summed E-state index contributed by atoms with van der Waals surface area (Å²) in [5, 5.41) is 21.7. The summed E-state index contributed by atoms with van der Waals surface area (Å²) in [7, 11) is 0. The van der Waals surface area contributed by atoms with E-state index in [1.54, 1.807) is 11.3 Å². The van der Waals surface area contributed by atoms with E-state index in [1.807, 2.05) is 18.2 Å². The van der Waals surface area contributed by atoms with E-state index >= 15 is 0 Å². The van der Waals surface area contributed by atoms with Crippen molar-refractivity contribution >= 4 is 71.1 Å². The third-order valence-corrected chi connectivity index (χ3v) is 9.01. The Balaban J connectivity index is 1.30. The van der Waals surface area contributed by atoms with Gasteiger partial charge in [0.1, 0.15) is 4.83 Å². The van der Waals surface area contributed by atoms with Crippen LogP contribution >= 0.6 is 22.7 Å². The highest BCUT2D eigenvalue weighted by Gasteiger charge is 2.10. The molecule has 5 nitrogen and oxygen atoms in total. The highest BCUT2D eigenvalue weighted by Crippen LogP contribution is 2.36. The van der Waals surface area contributed by atoms with Crippen molar-refractivity contribution in [2.75, 3.05) is 18.0 Å². The number of unbranched alkanes of at least 4 members (excludes halogenated alkanes) is 2. The van der Waals surface area contributed by atoms with Gasteiger partial charge in [-0.2, -0.15) is 5.26 Å². The first-order valence-electron chi connectivity index (χ1n) is 13.9. The number of hydrogen-bond acceptors (Lipinski definition) is 7. The van der Waals surface area contributed by atoms with Gasteiger partial charge in [0.05, 0.1) is 22.0 Å². The van der Waals surface area contributed by atoms with Crippen molar-refractivity contribution in [1.82, 2.24) is 4.98 Å². The summed E-state index contributed by atoms with van der Waals surface area (Å²) in [4.78, 5) is 8.87. The number of hydrogen-bond donors (Lipinski definition) is 0. The molecule has 0 saturated heterocycles. The Kier molecular flexibility index (Phi) is 9.00. The first-order valence-corrected chi connectivity index (χ1v) is 15.6. The van der Waals surface area contributed by atoms with Crippen LogP contribution in [0.3, 0.4) is 0 Å². The molecule has 0 spiro atoms. The summed E-state index contributed by atoms with van der Waals surface area (Å²) in [6.07, 6.45) is 6.80. The Labute approximate surface area is 244 Å². The van der Waals surface area contributed by atoms with E-state index in [2.05, 4.69) is 102 Å². The Hall–Kier alpha value is -3.86. The standard InChI is InChI=1S/C33H33N5S2/c1-4-7-8-9-23-10-11-25-19-26(13-12-24(25)18-23)27(22-34)20-30-21-31-32(39-30)35-33(40-31)37-36-28-14-16-29(17-15-28)38(5-2)6-3/h10-21H,4-9H2,1-3H3/b27-20+,37-36?. The van der Waals surface area contributed by atoms with E-state index in [4.69, 9.17) is 0 Å². The molecule has 0 bridgehead atoms. The Bertz CT molecular complexity index is 1670. The van der Waals surface area contributed by atoms with E-state index in [9.17, 15) is 5.26 Å². The largest absolute Gasteiger partial charge is 0.372 e. The Morgan fingerprint density at radius 2 is 1.68 bits per heavy atom.